The predicted molar refractivity (Wildman–Crippen MR) is 72.9 cm³/mol. The molecular formula is C14H25N3O2. The normalized spacial score (nSPS) is 18.6. The van der Waals surface area contributed by atoms with Gasteiger partial charge in [0.25, 0.3) is 0 Å². The molecule has 0 aromatic carbocycles. The molecule has 19 heavy (non-hydrogen) atoms. The number of nitrogens with one attached hydrogen (secondary N) is 1. The van der Waals surface area contributed by atoms with Crippen molar-refractivity contribution in [2.45, 2.75) is 51.6 Å². The minimum atomic E-state index is -0.00284. The Morgan fingerprint density at radius 2 is 2.16 bits per heavy atom. The van der Waals surface area contributed by atoms with Gasteiger partial charge in [0.15, 0.2) is 0 Å². The molecule has 0 amide bonds. The molecular weight excluding hydrogens is 242 g/mol. The highest BCUT2D eigenvalue weighted by molar-refractivity contribution is 4.95. The first-order valence-corrected chi connectivity index (χ1v) is 7.41. The van der Waals surface area contributed by atoms with E-state index in [2.05, 4.69) is 22.4 Å². The summed E-state index contributed by atoms with van der Waals surface area (Å²) >= 11 is 0. The largest absolute Gasteiger partial charge is 0.373 e. The smallest absolute Gasteiger partial charge is 0.228 e. The van der Waals surface area contributed by atoms with Gasteiger partial charge in [-0.05, 0) is 25.3 Å². The summed E-state index contributed by atoms with van der Waals surface area (Å²) in [5.41, 5.74) is 0. The quantitative estimate of drug-likeness (QED) is 0.769. The molecule has 1 aliphatic rings. The van der Waals surface area contributed by atoms with Crippen LogP contribution in [0.15, 0.2) is 4.52 Å². The third kappa shape index (κ3) is 4.01. The average molecular weight is 267 g/mol. The third-order valence-electron chi connectivity index (χ3n) is 3.84. The molecule has 1 fully saturated rings. The van der Waals surface area contributed by atoms with Crippen molar-refractivity contribution in [1.82, 2.24) is 15.5 Å². The molecule has 0 aliphatic heterocycles. The Morgan fingerprint density at radius 1 is 1.37 bits per heavy atom. The summed E-state index contributed by atoms with van der Waals surface area (Å²) in [5.74, 6) is 1.97. The van der Waals surface area contributed by atoms with Crippen molar-refractivity contribution >= 4 is 0 Å². The van der Waals surface area contributed by atoms with E-state index in [0.717, 1.165) is 25.3 Å². The number of hydrogen-bond acceptors (Lipinski definition) is 5. The van der Waals surface area contributed by atoms with E-state index in [-0.39, 0.29) is 6.10 Å². The zero-order chi connectivity index (χ0) is 13.5. The summed E-state index contributed by atoms with van der Waals surface area (Å²) in [6.45, 7) is 3.92. The van der Waals surface area contributed by atoms with E-state index in [1.165, 1.54) is 32.1 Å². The first kappa shape index (κ1) is 14.5. The molecule has 1 aromatic heterocycles. The van der Waals surface area contributed by atoms with Crippen LogP contribution in [-0.2, 0) is 11.2 Å². The maximum Gasteiger partial charge on any atom is 0.228 e. The molecule has 0 bridgehead atoms. The summed E-state index contributed by atoms with van der Waals surface area (Å²) in [4.78, 5) is 4.49. The van der Waals surface area contributed by atoms with Crippen LogP contribution in [0.5, 0.6) is 0 Å². The molecule has 1 saturated carbocycles. The van der Waals surface area contributed by atoms with Crippen LogP contribution in [0.1, 0.15) is 56.8 Å². The van der Waals surface area contributed by atoms with Crippen molar-refractivity contribution in [2.75, 3.05) is 20.2 Å². The van der Waals surface area contributed by atoms with Crippen molar-refractivity contribution in [3.05, 3.63) is 11.7 Å². The lowest BCUT2D eigenvalue weighted by atomic mass is 9.85. The molecule has 2 rings (SSSR count). The van der Waals surface area contributed by atoms with Crippen LogP contribution < -0.4 is 5.32 Å². The first-order chi connectivity index (χ1) is 9.35. The van der Waals surface area contributed by atoms with E-state index >= 15 is 0 Å². The topological polar surface area (TPSA) is 60.2 Å². The molecule has 1 N–H and O–H groups in total. The summed E-state index contributed by atoms with van der Waals surface area (Å²) in [6.07, 6.45) is 7.11. The van der Waals surface area contributed by atoms with Gasteiger partial charge in [-0.3, -0.25) is 0 Å². The van der Waals surface area contributed by atoms with E-state index < -0.39 is 0 Å². The van der Waals surface area contributed by atoms with E-state index in [1.54, 1.807) is 7.11 Å². The highest BCUT2D eigenvalue weighted by atomic mass is 16.5. The second-order valence-electron chi connectivity index (χ2n) is 5.20. The number of rotatable bonds is 7. The summed E-state index contributed by atoms with van der Waals surface area (Å²) in [7, 11) is 1.74. The van der Waals surface area contributed by atoms with Gasteiger partial charge in [0.05, 0.1) is 0 Å². The van der Waals surface area contributed by atoms with Crippen molar-refractivity contribution < 1.29 is 9.26 Å². The Kier molecular flexibility index (Phi) is 5.79. The summed E-state index contributed by atoms with van der Waals surface area (Å²) in [5, 5.41) is 7.36. The first-order valence-electron chi connectivity index (χ1n) is 7.41. The highest BCUT2D eigenvalue weighted by Gasteiger charge is 2.28. The van der Waals surface area contributed by atoms with Crippen molar-refractivity contribution in [1.29, 1.82) is 0 Å². The number of nitrogens with zero attached hydrogens (tertiary/aromatic N) is 2. The number of aromatic nitrogens is 2. The van der Waals surface area contributed by atoms with Gasteiger partial charge in [-0.1, -0.05) is 31.3 Å². The van der Waals surface area contributed by atoms with Gasteiger partial charge in [0, 0.05) is 20.1 Å². The van der Waals surface area contributed by atoms with Crippen molar-refractivity contribution in [2.24, 2.45) is 5.92 Å². The zero-order valence-corrected chi connectivity index (χ0v) is 12.0. The molecule has 5 heteroatoms. The van der Waals surface area contributed by atoms with Crippen LogP contribution >= 0.6 is 0 Å². The molecule has 0 saturated heterocycles. The molecule has 1 atom stereocenters. The fourth-order valence-electron chi connectivity index (χ4n) is 2.80. The van der Waals surface area contributed by atoms with Gasteiger partial charge in [0.2, 0.25) is 11.7 Å². The van der Waals surface area contributed by atoms with Gasteiger partial charge in [0.1, 0.15) is 6.10 Å². The fourth-order valence-corrected chi connectivity index (χ4v) is 2.80. The molecule has 0 radical (unpaired) electrons. The second kappa shape index (κ2) is 7.60. The minimum absolute atomic E-state index is 0.00284. The molecule has 1 aliphatic carbocycles. The lowest BCUT2D eigenvalue weighted by Crippen LogP contribution is -2.19. The van der Waals surface area contributed by atoms with E-state index in [1.807, 2.05) is 0 Å². The Bertz CT molecular complexity index is 361. The lowest BCUT2D eigenvalue weighted by Gasteiger charge is -2.26. The van der Waals surface area contributed by atoms with Crippen molar-refractivity contribution in [3.63, 3.8) is 0 Å². The Labute approximate surface area is 115 Å². The van der Waals surface area contributed by atoms with E-state index in [4.69, 9.17) is 9.26 Å². The molecule has 5 nitrogen and oxygen atoms in total. The predicted octanol–water partition coefficient (Wildman–Crippen LogP) is 2.49. The maximum atomic E-state index is 5.61. The maximum absolute atomic E-state index is 5.61. The van der Waals surface area contributed by atoms with Crippen molar-refractivity contribution in [3.8, 4) is 0 Å². The van der Waals surface area contributed by atoms with Gasteiger partial charge in [-0.2, -0.15) is 4.98 Å². The standard InChI is InChI=1S/C14H25N3O2/c1-3-15-10-9-12-16-14(17-19-12)13(18-2)11-7-5-4-6-8-11/h11,13,15H,3-10H2,1-2H3. The summed E-state index contributed by atoms with van der Waals surface area (Å²) in [6, 6.07) is 0. The zero-order valence-electron chi connectivity index (χ0n) is 12.0. The van der Waals surface area contributed by atoms with Crippen LogP contribution in [-0.4, -0.2) is 30.3 Å². The van der Waals surface area contributed by atoms with Crippen LogP contribution in [0, 0.1) is 5.92 Å². The molecule has 1 heterocycles. The Morgan fingerprint density at radius 3 is 2.84 bits per heavy atom. The van der Waals surface area contributed by atoms with Crippen LogP contribution in [0.25, 0.3) is 0 Å². The van der Waals surface area contributed by atoms with Gasteiger partial charge in [-0.15, -0.1) is 0 Å². The highest BCUT2D eigenvalue weighted by Crippen LogP contribution is 2.35. The van der Waals surface area contributed by atoms with Gasteiger partial charge < -0.3 is 14.6 Å². The SMILES string of the molecule is CCNCCc1nc(C(OC)C2CCCCC2)no1. The van der Waals surface area contributed by atoms with Crippen LogP contribution in [0.2, 0.25) is 0 Å². The Hall–Kier alpha value is -0.940. The number of ether oxygens (including phenoxy) is 1. The lowest BCUT2D eigenvalue weighted by molar-refractivity contribution is 0.0273. The molecule has 0 spiro atoms. The number of hydrogen-bond donors (Lipinski definition) is 1. The Balaban J connectivity index is 1.94. The van der Waals surface area contributed by atoms with E-state index in [9.17, 15) is 0 Å². The summed E-state index contributed by atoms with van der Waals surface area (Å²) < 4.78 is 10.9. The van der Waals surface area contributed by atoms with Crippen LogP contribution in [0.3, 0.4) is 0 Å². The monoisotopic (exact) mass is 267 g/mol. The van der Waals surface area contributed by atoms with Crippen LogP contribution in [0.4, 0.5) is 0 Å². The minimum Gasteiger partial charge on any atom is -0.373 e. The average Bonchev–Trinajstić information content (AvgIpc) is 2.90. The van der Waals surface area contributed by atoms with E-state index in [0.29, 0.717) is 11.8 Å². The van der Waals surface area contributed by atoms with Gasteiger partial charge in [-0.25, -0.2) is 0 Å². The number of methoxy groups -OCH3 is 1. The van der Waals surface area contributed by atoms with Gasteiger partial charge >= 0.3 is 0 Å². The fraction of sp³-hybridized carbons (Fsp3) is 0.857. The third-order valence-corrected chi connectivity index (χ3v) is 3.84. The number of likely N-dealkylation sites (N-methyl/N-ethyl adjacent to an activating group) is 1. The molecule has 108 valence electrons. The molecule has 1 aromatic rings. The second-order valence-corrected chi connectivity index (χ2v) is 5.20. The molecule has 1 unspecified atom stereocenters.